The fourth-order valence-electron chi connectivity index (χ4n) is 1.43. The van der Waals surface area contributed by atoms with Crippen molar-refractivity contribution < 1.29 is 14.4 Å². The molecule has 0 radical (unpaired) electrons. The van der Waals surface area contributed by atoms with Gasteiger partial charge >= 0.3 is 0 Å². The molecule has 2 amide bonds. The molecule has 1 heterocycles. The summed E-state index contributed by atoms with van der Waals surface area (Å²) in [5.74, 6) is -0.585. The second kappa shape index (κ2) is 6.25. The summed E-state index contributed by atoms with van der Waals surface area (Å²) >= 11 is 0.996. The summed E-state index contributed by atoms with van der Waals surface area (Å²) in [6.45, 7) is 6.13. The first-order valence-corrected chi connectivity index (χ1v) is 6.37. The molecular weight excluding hydrogens is 254 g/mol. The van der Waals surface area contributed by atoms with Gasteiger partial charge in [-0.1, -0.05) is 11.3 Å². The van der Waals surface area contributed by atoms with Crippen LogP contribution in [-0.2, 0) is 4.79 Å². The SMILES string of the molecule is CCN(CC)C(=O)c1nc(NC(C)=O)sc1C=O. The maximum absolute atomic E-state index is 12.1. The van der Waals surface area contributed by atoms with Crippen LogP contribution in [0.1, 0.15) is 40.9 Å². The lowest BCUT2D eigenvalue weighted by molar-refractivity contribution is -0.114. The minimum Gasteiger partial charge on any atom is -0.338 e. The fourth-order valence-corrected chi connectivity index (χ4v) is 2.25. The van der Waals surface area contributed by atoms with Crippen molar-refractivity contribution >= 4 is 34.6 Å². The Balaban J connectivity index is 3.07. The number of amides is 2. The summed E-state index contributed by atoms with van der Waals surface area (Å²) in [6, 6.07) is 0. The third-order valence-corrected chi connectivity index (χ3v) is 3.19. The predicted octanol–water partition coefficient (Wildman–Crippen LogP) is 1.40. The first kappa shape index (κ1) is 14.3. The molecule has 0 spiro atoms. The first-order chi connectivity index (χ1) is 8.53. The van der Waals surface area contributed by atoms with Crippen LogP contribution >= 0.6 is 11.3 Å². The van der Waals surface area contributed by atoms with Gasteiger partial charge < -0.3 is 10.2 Å². The van der Waals surface area contributed by atoms with E-state index in [-0.39, 0.29) is 27.5 Å². The van der Waals surface area contributed by atoms with Crippen molar-refractivity contribution in [2.75, 3.05) is 18.4 Å². The van der Waals surface area contributed by atoms with Gasteiger partial charge in [0.05, 0.1) is 0 Å². The fraction of sp³-hybridized carbons (Fsp3) is 0.455. The molecule has 6 nitrogen and oxygen atoms in total. The Morgan fingerprint density at radius 1 is 1.39 bits per heavy atom. The van der Waals surface area contributed by atoms with Crippen molar-refractivity contribution in [2.24, 2.45) is 0 Å². The van der Waals surface area contributed by atoms with Gasteiger partial charge in [0.1, 0.15) is 4.88 Å². The zero-order chi connectivity index (χ0) is 13.7. The zero-order valence-corrected chi connectivity index (χ0v) is 11.3. The molecule has 0 saturated heterocycles. The van der Waals surface area contributed by atoms with Crippen molar-refractivity contribution in [2.45, 2.75) is 20.8 Å². The largest absolute Gasteiger partial charge is 0.338 e. The molecule has 18 heavy (non-hydrogen) atoms. The Morgan fingerprint density at radius 2 is 2.00 bits per heavy atom. The topological polar surface area (TPSA) is 79.4 Å². The van der Waals surface area contributed by atoms with Crippen LogP contribution in [0.15, 0.2) is 0 Å². The highest BCUT2D eigenvalue weighted by atomic mass is 32.1. The van der Waals surface area contributed by atoms with E-state index < -0.39 is 0 Å². The number of rotatable bonds is 5. The number of aromatic nitrogens is 1. The Bertz CT molecular complexity index is 466. The quantitative estimate of drug-likeness (QED) is 0.819. The Kier molecular flexibility index (Phi) is 4.96. The van der Waals surface area contributed by atoms with Crippen molar-refractivity contribution in [3.63, 3.8) is 0 Å². The van der Waals surface area contributed by atoms with Gasteiger partial charge in [-0.05, 0) is 13.8 Å². The predicted molar refractivity (Wildman–Crippen MR) is 69.1 cm³/mol. The molecule has 1 rings (SSSR count). The molecule has 0 unspecified atom stereocenters. The van der Waals surface area contributed by atoms with Crippen LogP contribution in [0.4, 0.5) is 5.13 Å². The lowest BCUT2D eigenvalue weighted by Crippen LogP contribution is -2.31. The van der Waals surface area contributed by atoms with Crippen LogP contribution in [-0.4, -0.2) is 41.1 Å². The normalized spacial score (nSPS) is 9.94. The summed E-state index contributed by atoms with van der Waals surface area (Å²) in [7, 11) is 0. The maximum atomic E-state index is 12.1. The van der Waals surface area contributed by atoms with Crippen LogP contribution in [0.5, 0.6) is 0 Å². The molecule has 7 heteroatoms. The summed E-state index contributed by atoms with van der Waals surface area (Å²) in [5.41, 5.74) is 0.0995. The van der Waals surface area contributed by atoms with E-state index in [0.29, 0.717) is 19.4 Å². The molecule has 0 aliphatic rings. The van der Waals surface area contributed by atoms with Crippen LogP contribution in [0.2, 0.25) is 0 Å². The van der Waals surface area contributed by atoms with Crippen LogP contribution in [0.25, 0.3) is 0 Å². The van der Waals surface area contributed by atoms with Gasteiger partial charge in [0.25, 0.3) is 5.91 Å². The number of nitrogens with one attached hydrogen (secondary N) is 1. The van der Waals surface area contributed by atoms with Gasteiger partial charge in [0.15, 0.2) is 17.1 Å². The smallest absolute Gasteiger partial charge is 0.274 e. The van der Waals surface area contributed by atoms with Gasteiger partial charge in [0, 0.05) is 20.0 Å². The highest BCUT2D eigenvalue weighted by Crippen LogP contribution is 2.22. The van der Waals surface area contributed by atoms with Gasteiger partial charge in [-0.15, -0.1) is 0 Å². The minimum atomic E-state index is -0.296. The summed E-state index contributed by atoms with van der Waals surface area (Å²) < 4.78 is 0. The molecule has 0 aliphatic carbocycles. The lowest BCUT2D eigenvalue weighted by atomic mass is 10.3. The number of hydrogen-bond donors (Lipinski definition) is 1. The number of carbonyl (C=O) groups is 3. The monoisotopic (exact) mass is 269 g/mol. The first-order valence-electron chi connectivity index (χ1n) is 5.56. The van der Waals surface area contributed by atoms with Crippen LogP contribution in [0.3, 0.4) is 0 Å². The van der Waals surface area contributed by atoms with Crippen molar-refractivity contribution in [3.05, 3.63) is 10.6 Å². The van der Waals surface area contributed by atoms with Crippen molar-refractivity contribution in [3.8, 4) is 0 Å². The third kappa shape index (κ3) is 3.13. The maximum Gasteiger partial charge on any atom is 0.274 e. The average molecular weight is 269 g/mol. The van der Waals surface area contributed by atoms with E-state index in [2.05, 4.69) is 10.3 Å². The number of anilines is 1. The van der Waals surface area contributed by atoms with Gasteiger partial charge in [-0.2, -0.15) is 0 Å². The molecule has 1 aromatic heterocycles. The van der Waals surface area contributed by atoms with Crippen molar-refractivity contribution in [1.82, 2.24) is 9.88 Å². The minimum absolute atomic E-state index is 0.0995. The van der Waals surface area contributed by atoms with Crippen LogP contribution < -0.4 is 5.32 Å². The van der Waals surface area contributed by atoms with Gasteiger partial charge in [0.2, 0.25) is 5.91 Å². The highest BCUT2D eigenvalue weighted by molar-refractivity contribution is 7.17. The Hall–Kier alpha value is -1.76. The van der Waals surface area contributed by atoms with E-state index >= 15 is 0 Å². The molecule has 0 bridgehead atoms. The molecule has 1 N–H and O–H groups in total. The molecule has 0 aliphatic heterocycles. The molecule has 0 fully saturated rings. The number of aldehydes is 1. The Morgan fingerprint density at radius 3 is 2.44 bits per heavy atom. The van der Waals surface area contributed by atoms with Crippen LogP contribution in [0, 0.1) is 0 Å². The highest BCUT2D eigenvalue weighted by Gasteiger charge is 2.21. The summed E-state index contributed by atoms with van der Waals surface area (Å²) in [5, 5.41) is 2.73. The molecule has 0 saturated carbocycles. The van der Waals surface area contributed by atoms with E-state index in [0.717, 1.165) is 11.3 Å². The lowest BCUT2D eigenvalue weighted by Gasteiger charge is -2.17. The number of carbonyl (C=O) groups excluding carboxylic acids is 3. The van der Waals surface area contributed by atoms with Crippen molar-refractivity contribution in [1.29, 1.82) is 0 Å². The van der Waals surface area contributed by atoms with E-state index in [9.17, 15) is 14.4 Å². The second-order valence-electron chi connectivity index (χ2n) is 3.51. The van der Waals surface area contributed by atoms with Gasteiger partial charge in [-0.3, -0.25) is 14.4 Å². The number of nitrogens with zero attached hydrogens (tertiary/aromatic N) is 2. The summed E-state index contributed by atoms with van der Waals surface area (Å²) in [4.78, 5) is 39.7. The van der Waals surface area contributed by atoms with E-state index in [1.165, 1.54) is 6.92 Å². The standard InChI is InChI=1S/C11H15N3O3S/c1-4-14(5-2)10(17)9-8(6-15)18-11(13-9)12-7(3)16/h6H,4-5H2,1-3H3,(H,12,13,16). The third-order valence-electron chi connectivity index (χ3n) is 2.30. The zero-order valence-electron chi connectivity index (χ0n) is 10.5. The summed E-state index contributed by atoms with van der Waals surface area (Å²) in [6.07, 6.45) is 0.583. The molecular formula is C11H15N3O3S. The van der Waals surface area contributed by atoms with E-state index in [1.54, 1.807) is 4.90 Å². The molecule has 1 aromatic rings. The Labute approximate surface area is 109 Å². The number of thiazole rings is 1. The second-order valence-corrected chi connectivity index (χ2v) is 4.54. The molecule has 0 atom stereocenters. The number of hydrogen-bond acceptors (Lipinski definition) is 5. The van der Waals surface area contributed by atoms with Gasteiger partial charge in [-0.25, -0.2) is 4.98 Å². The molecule has 98 valence electrons. The van der Waals surface area contributed by atoms with E-state index in [1.807, 2.05) is 13.8 Å². The molecule has 0 aromatic carbocycles. The average Bonchev–Trinajstić information content (AvgIpc) is 2.72. The van der Waals surface area contributed by atoms with E-state index in [4.69, 9.17) is 0 Å².